The van der Waals surface area contributed by atoms with Gasteiger partial charge in [-0.3, -0.25) is 4.68 Å². The van der Waals surface area contributed by atoms with Crippen molar-refractivity contribution in [2.75, 3.05) is 0 Å². The third-order valence-electron chi connectivity index (χ3n) is 2.20. The highest BCUT2D eigenvalue weighted by molar-refractivity contribution is 5.28. The van der Waals surface area contributed by atoms with Crippen LogP contribution >= 0.6 is 0 Å². The summed E-state index contributed by atoms with van der Waals surface area (Å²) in [5.41, 5.74) is 2.40. The number of hydrogen-bond acceptors (Lipinski definition) is 3. The molecule has 0 saturated heterocycles. The van der Waals surface area contributed by atoms with E-state index >= 15 is 0 Å². The lowest BCUT2D eigenvalue weighted by Gasteiger charge is -2.05. The normalized spacial score (nSPS) is 13.1. The monoisotopic (exact) mass is 192 g/mol. The Balaban J connectivity index is 2.36. The fourth-order valence-electron chi connectivity index (χ4n) is 1.50. The Morgan fingerprint density at radius 2 is 2.36 bits per heavy atom. The zero-order valence-corrected chi connectivity index (χ0v) is 8.14. The van der Waals surface area contributed by atoms with Crippen LogP contribution in [0.2, 0.25) is 0 Å². The summed E-state index contributed by atoms with van der Waals surface area (Å²) in [6.45, 7) is 1.87. The van der Waals surface area contributed by atoms with E-state index in [0.717, 1.165) is 16.8 Å². The third kappa shape index (κ3) is 1.44. The topological polar surface area (TPSA) is 51.2 Å². The van der Waals surface area contributed by atoms with E-state index in [1.165, 1.54) is 6.26 Å². The van der Waals surface area contributed by atoms with Gasteiger partial charge in [-0.1, -0.05) is 0 Å². The highest BCUT2D eigenvalue weighted by Gasteiger charge is 2.16. The van der Waals surface area contributed by atoms with Gasteiger partial charge in [0, 0.05) is 24.4 Å². The maximum atomic E-state index is 9.96. The number of aromatic nitrogens is 2. The fourth-order valence-corrected chi connectivity index (χ4v) is 1.50. The molecule has 2 heterocycles. The molecule has 0 radical (unpaired) electrons. The molecule has 0 spiro atoms. The van der Waals surface area contributed by atoms with Gasteiger partial charge in [0.25, 0.3) is 0 Å². The first-order valence-corrected chi connectivity index (χ1v) is 4.39. The molecule has 0 saturated carbocycles. The van der Waals surface area contributed by atoms with Crippen molar-refractivity contribution in [1.29, 1.82) is 0 Å². The van der Waals surface area contributed by atoms with Gasteiger partial charge >= 0.3 is 0 Å². The molecular formula is C10H12N2O2. The maximum absolute atomic E-state index is 9.96. The smallest absolute Gasteiger partial charge is 0.110 e. The average molecular weight is 192 g/mol. The number of hydrogen-bond donors (Lipinski definition) is 1. The third-order valence-corrected chi connectivity index (χ3v) is 2.20. The minimum atomic E-state index is -0.651. The first-order chi connectivity index (χ1) is 6.68. The number of nitrogens with zero attached hydrogens (tertiary/aromatic N) is 2. The molecule has 0 bridgehead atoms. The molecular weight excluding hydrogens is 180 g/mol. The molecule has 2 aromatic rings. The highest BCUT2D eigenvalue weighted by Crippen LogP contribution is 2.23. The first kappa shape index (κ1) is 9.02. The van der Waals surface area contributed by atoms with Crippen LogP contribution in [0.1, 0.15) is 22.9 Å². The molecule has 1 N–H and O–H groups in total. The van der Waals surface area contributed by atoms with Crippen molar-refractivity contribution in [3.63, 3.8) is 0 Å². The Hall–Kier alpha value is -1.55. The van der Waals surface area contributed by atoms with Gasteiger partial charge in [-0.25, -0.2) is 0 Å². The van der Waals surface area contributed by atoms with Gasteiger partial charge in [0.05, 0.1) is 18.2 Å². The van der Waals surface area contributed by atoms with Crippen molar-refractivity contribution in [3.8, 4) is 0 Å². The summed E-state index contributed by atoms with van der Waals surface area (Å²) in [6, 6.07) is 1.75. The van der Waals surface area contributed by atoms with E-state index in [4.69, 9.17) is 4.42 Å². The average Bonchev–Trinajstić information content (AvgIpc) is 2.73. The molecule has 4 nitrogen and oxygen atoms in total. The van der Waals surface area contributed by atoms with E-state index in [1.54, 1.807) is 17.0 Å². The van der Waals surface area contributed by atoms with Crippen molar-refractivity contribution >= 4 is 0 Å². The van der Waals surface area contributed by atoms with Gasteiger partial charge in [0.2, 0.25) is 0 Å². The summed E-state index contributed by atoms with van der Waals surface area (Å²) in [4.78, 5) is 0. The van der Waals surface area contributed by atoms with Crippen molar-refractivity contribution < 1.29 is 9.52 Å². The van der Waals surface area contributed by atoms with Crippen molar-refractivity contribution in [2.24, 2.45) is 7.05 Å². The number of aliphatic hydroxyl groups is 1. The fraction of sp³-hybridized carbons (Fsp3) is 0.300. The highest BCUT2D eigenvalue weighted by atomic mass is 16.3. The van der Waals surface area contributed by atoms with Crippen molar-refractivity contribution in [1.82, 2.24) is 9.78 Å². The Labute approximate surface area is 81.8 Å². The van der Waals surface area contributed by atoms with Gasteiger partial charge in [0.1, 0.15) is 6.10 Å². The number of furan rings is 1. The molecule has 0 aliphatic carbocycles. The minimum Gasteiger partial charge on any atom is -0.472 e. The van der Waals surface area contributed by atoms with Crippen molar-refractivity contribution in [2.45, 2.75) is 13.0 Å². The molecule has 1 atom stereocenters. The molecule has 0 aliphatic heterocycles. The van der Waals surface area contributed by atoms with Crippen LogP contribution < -0.4 is 0 Å². The van der Waals surface area contributed by atoms with Crippen LogP contribution in [0, 0.1) is 6.92 Å². The van der Waals surface area contributed by atoms with Crippen LogP contribution in [0.25, 0.3) is 0 Å². The molecule has 4 heteroatoms. The van der Waals surface area contributed by atoms with Gasteiger partial charge in [-0.05, 0) is 13.0 Å². The van der Waals surface area contributed by atoms with E-state index < -0.39 is 6.10 Å². The minimum absolute atomic E-state index is 0.651. The molecule has 0 aromatic carbocycles. The Bertz CT molecular complexity index is 417. The number of aryl methyl sites for hydroxylation is 2. The summed E-state index contributed by atoms with van der Waals surface area (Å²) in [7, 11) is 1.83. The predicted molar refractivity (Wildman–Crippen MR) is 50.7 cm³/mol. The molecule has 1 unspecified atom stereocenters. The van der Waals surface area contributed by atoms with Crippen molar-refractivity contribution in [3.05, 3.63) is 41.6 Å². The maximum Gasteiger partial charge on any atom is 0.110 e. The standard InChI is InChI=1S/C10H12N2O2/c1-7-9(5-12(2)11-7)10(13)8-3-4-14-6-8/h3-6,10,13H,1-2H3. The first-order valence-electron chi connectivity index (χ1n) is 4.39. The van der Waals surface area contributed by atoms with Crippen LogP contribution in [0.5, 0.6) is 0 Å². The van der Waals surface area contributed by atoms with E-state index in [9.17, 15) is 5.11 Å². The van der Waals surface area contributed by atoms with E-state index in [2.05, 4.69) is 5.10 Å². The SMILES string of the molecule is Cc1nn(C)cc1C(O)c1ccoc1. The summed E-state index contributed by atoms with van der Waals surface area (Å²) in [5.74, 6) is 0. The predicted octanol–water partition coefficient (Wildman–Crippen LogP) is 1.40. The summed E-state index contributed by atoms with van der Waals surface area (Å²) < 4.78 is 6.61. The van der Waals surface area contributed by atoms with Crippen LogP contribution in [0.4, 0.5) is 0 Å². The summed E-state index contributed by atoms with van der Waals surface area (Å²) in [5, 5.41) is 14.1. The Morgan fingerprint density at radius 1 is 1.57 bits per heavy atom. The lowest BCUT2D eigenvalue weighted by Crippen LogP contribution is -1.98. The van der Waals surface area contributed by atoms with Crippen LogP contribution in [-0.4, -0.2) is 14.9 Å². The van der Waals surface area contributed by atoms with E-state index in [0.29, 0.717) is 0 Å². The molecule has 74 valence electrons. The van der Waals surface area contributed by atoms with Gasteiger partial charge < -0.3 is 9.52 Å². The van der Waals surface area contributed by atoms with Crippen LogP contribution in [0.15, 0.2) is 29.2 Å². The van der Waals surface area contributed by atoms with E-state index in [-0.39, 0.29) is 0 Å². The molecule has 0 amide bonds. The van der Waals surface area contributed by atoms with Gasteiger partial charge in [-0.2, -0.15) is 5.10 Å². The largest absolute Gasteiger partial charge is 0.472 e. The summed E-state index contributed by atoms with van der Waals surface area (Å²) >= 11 is 0. The lowest BCUT2D eigenvalue weighted by molar-refractivity contribution is 0.218. The molecule has 14 heavy (non-hydrogen) atoms. The second kappa shape index (κ2) is 3.31. The number of aliphatic hydroxyl groups excluding tert-OH is 1. The Kier molecular flexibility index (Phi) is 2.13. The number of rotatable bonds is 2. The van der Waals surface area contributed by atoms with Gasteiger partial charge in [0.15, 0.2) is 0 Å². The Morgan fingerprint density at radius 3 is 2.86 bits per heavy atom. The van der Waals surface area contributed by atoms with Crippen LogP contribution in [-0.2, 0) is 7.05 Å². The molecule has 2 aromatic heterocycles. The summed E-state index contributed by atoms with van der Waals surface area (Å²) in [6.07, 6.45) is 4.25. The van der Waals surface area contributed by atoms with E-state index in [1.807, 2.05) is 20.2 Å². The zero-order chi connectivity index (χ0) is 10.1. The molecule has 2 rings (SSSR count). The van der Waals surface area contributed by atoms with Crippen LogP contribution in [0.3, 0.4) is 0 Å². The zero-order valence-electron chi connectivity index (χ0n) is 8.14. The lowest BCUT2D eigenvalue weighted by atomic mass is 10.1. The second-order valence-corrected chi connectivity index (χ2v) is 3.30. The quantitative estimate of drug-likeness (QED) is 0.782. The molecule has 0 fully saturated rings. The van der Waals surface area contributed by atoms with Gasteiger partial charge in [-0.15, -0.1) is 0 Å². The molecule has 0 aliphatic rings. The second-order valence-electron chi connectivity index (χ2n) is 3.30.